The molecule has 4 nitrogen and oxygen atoms in total. The van der Waals surface area contributed by atoms with E-state index in [2.05, 4.69) is 9.80 Å². The Labute approximate surface area is 143 Å². The van der Waals surface area contributed by atoms with Gasteiger partial charge in [-0.2, -0.15) is 0 Å². The van der Waals surface area contributed by atoms with Crippen LogP contribution in [0.4, 0.5) is 0 Å². The predicted octanol–water partition coefficient (Wildman–Crippen LogP) is 1.23. The van der Waals surface area contributed by atoms with Gasteiger partial charge < -0.3 is 8.97 Å². The van der Waals surface area contributed by atoms with Crippen molar-refractivity contribution in [3.8, 4) is 0 Å². The van der Waals surface area contributed by atoms with E-state index in [0.717, 1.165) is 0 Å². The van der Waals surface area contributed by atoms with Gasteiger partial charge in [-0.05, 0) is 25.7 Å². The number of piperazine rings is 6. The van der Waals surface area contributed by atoms with Gasteiger partial charge in [0.15, 0.2) is 0 Å². The van der Waals surface area contributed by atoms with Crippen LogP contribution in [0.2, 0.25) is 0 Å². The van der Waals surface area contributed by atoms with Gasteiger partial charge in [0.25, 0.3) is 0 Å². The van der Waals surface area contributed by atoms with Crippen molar-refractivity contribution in [2.24, 2.45) is 0 Å². The molecular formula is C19H38N4+2. The van der Waals surface area contributed by atoms with Crippen LogP contribution < -0.4 is 0 Å². The molecule has 132 valence electrons. The van der Waals surface area contributed by atoms with Crippen molar-refractivity contribution in [3.05, 3.63) is 0 Å². The molecular weight excluding hydrogens is 284 g/mol. The van der Waals surface area contributed by atoms with Gasteiger partial charge in [0.2, 0.25) is 0 Å². The first-order valence-corrected chi connectivity index (χ1v) is 10.4. The number of unbranched alkanes of at least 4 members (excludes halogenated alkanes) is 4. The van der Waals surface area contributed by atoms with Crippen molar-refractivity contribution in [1.82, 2.24) is 9.80 Å². The lowest BCUT2D eigenvalue weighted by molar-refractivity contribution is -0.941. The second kappa shape index (κ2) is 6.99. The summed E-state index contributed by atoms with van der Waals surface area (Å²) >= 11 is 0. The maximum absolute atomic E-state index is 2.66. The van der Waals surface area contributed by atoms with Crippen LogP contribution >= 0.6 is 0 Å². The van der Waals surface area contributed by atoms with Crippen LogP contribution in [0.15, 0.2) is 0 Å². The monoisotopic (exact) mass is 322 g/mol. The first kappa shape index (κ1) is 16.3. The van der Waals surface area contributed by atoms with E-state index in [9.17, 15) is 0 Å². The van der Waals surface area contributed by atoms with Crippen molar-refractivity contribution in [1.29, 1.82) is 0 Å². The summed E-state index contributed by atoms with van der Waals surface area (Å²) in [5, 5.41) is 0. The Morgan fingerprint density at radius 1 is 0.435 bits per heavy atom. The van der Waals surface area contributed by atoms with Crippen molar-refractivity contribution in [3.63, 3.8) is 0 Å². The predicted molar refractivity (Wildman–Crippen MR) is 95.4 cm³/mol. The van der Waals surface area contributed by atoms with Crippen molar-refractivity contribution in [2.75, 3.05) is 91.6 Å². The molecule has 6 fully saturated rings. The number of fused-ring (bicyclic) bond motifs is 6. The molecule has 0 amide bonds. The molecule has 23 heavy (non-hydrogen) atoms. The summed E-state index contributed by atoms with van der Waals surface area (Å²) in [5.41, 5.74) is 0. The van der Waals surface area contributed by atoms with E-state index in [1.54, 1.807) is 0 Å². The summed E-state index contributed by atoms with van der Waals surface area (Å²) in [5.74, 6) is 0. The van der Waals surface area contributed by atoms with Crippen LogP contribution in [-0.2, 0) is 0 Å². The van der Waals surface area contributed by atoms with Gasteiger partial charge in [0, 0.05) is 39.3 Å². The second-order valence-electron chi connectivity index (χ2n) is 8.92. The van der Waals surface area contributed by atoms with Gasteiger partial charge in [-0.3, -0.25) is 9.80 Å². The summed E-state index contributed by atoms with van der Waals surface area (Å²) < 4.78 is 2.93. The molecule has 0 atom stereocenters. The topological polar surface area (TPSA) is 6.48 Å². The summed E-state index contributed by atoms with van der Waals surface area (Å²) in [6.07, 6.45) is 7.41. The number of quaternary nitrogens is 2. The molecule has 0 N–H and O–H groups in total. The average Bonchev–Trinajstić information content (AvgIpc) is 2.64. The minimum Gasteiger partial charge on any atom is -0.320 e. The summed E-state index contributed by atoms with van der Waals surface area (Å²) in [7, 11) is 0. The van der Waals surface area contributed by atoms with Gasteiger partial charge in [-0.1, -0.05) is 6.42 Å². The maximum atomic E-state index is 2.66. The van der Waals surface area contributed by atoms with E-state index in [1.165, 1.54) is 133 Å². The highest BCUT2D eigenvalue weighted by Crippen LogP contribution is 2.22. The molecule has 6 saturated heterocycles. The molecule has 0 aliphatic carbocycles. The standard InChI is InChI=1S/C19H38N4/c1(2-4-12-22-14-6-20(7-15-22)8-16-22)3-5-13-23-17-9-21(10-18-23)11-19-23/h1-19H2/q+2. The Balaban J connectivity index is 1.07. The minimum absolute atomic E-state index is 1.37. The molecule has 0 spiro atoms. The van der Waals surface area contributed by atoms with E-state index in [1.807, 2.05) is 0 Å². The van der Waals surface area contributed by atoms with Crippen LogP contribution in [-0.4, -0.2) is 110 Å². The molecule has 0 aromatic heterocycles. The smallest absolute Gasteiger partial charge is 0.0916 e. The largest absolute Gasteiger partial charge is 0.320 e. The first-order valence-electron chi connectivity index (χ1n) is 10.4. The summed E-state index contributed by atoms with van der Waals surface area (Å²) in [4.78, 5) is 5.32. The highest BCUT2D eigenvalue weighted by molar-refractivity contribution is 4.72. The molecule has 6 rings (SSSR count). The van der Waals surface area contributed by atoms with Crippen molar-refractivity contribution < 1.29 is 8.97 Å². The van der Waals surface area contributed by atoms with E-state index >= 15 is 0 Å². The second-order valence-corrected chi connectivity index (χ2v) is 8.92. The van der Waals surface area contributed by atoms with Crippen LogP contribution in [0.5, 0.6) is 0 Å². The van der Waals surface area contributed by atoms with Gasteiger partial charge in [0.05, 0.1) is 52.4 Å². The summed E-state index contributed by atoms with van der Waals surface area (Å²) in [6.45, 7) is 19.8. The third-order valence-corrected chi connectivity index (χ3v) is 7.61. The lowest BCUT2D eigenvalue weighted by atomic mass is 10.1. The van der Waals surface area contributed by atoms with Crippen LogP contribution in [0.25, 0.3) is 0 Å². The van der Waals surface area contributed by atoms with Gasteiger partial charge >= 0.3 is 0 Å². The molecule has 6 aliphatic heterocycles. The third kappa shape index (κ3) is 3.76. The van der Waals surface area contributed by atoms with Gasteiger partial charge in [-0.15, -0.1) is 0 Å². The van der Waals surface area contributed by atoms with Crippen LogP contribution in [0.1, 0.15) is 32.1 Å². The first-order chi connectivity index (χ1) is 11.3. The molecule has 4 bridgehead atoms. The highest BCUT2D eigenvalue weighted by Gasteiger charge is 2.38. The lowest BCUT2D eigenvalue weighted by Gasteiger charge is -2.50. The number of rotatable bonds is 8. The zero-order valence-electron chi connectivity index (χ0n) is 15.2. The van der Waals surface area contributed by atoms with E-state index in [4.69, 9.17) is 0 Å². The minimum atomic E-state index is 1.37. The Hall–Kier alpha value is -0.160. The third-order valence-electron chi connectivity index (χ3n) is 7.61. The highest BCUT2D eigenvalue weighted by atomic mass is 15.5. The molecule has 0 aromatic rings. The van der Waals surface area contributed by atoms with Crippen molar-refractivity contribution in [2.45, 2.75) is 32.1 Å². The van der Waals surface area contributed by atoms with E-state index in [-0.39, 0.29) is 0 Å². The fourth-order valence-corrected chi connectivity index (χ4v) is 5.56. The number of hydrogen-bond acceptors (Lipinski definition) is 2. The van der Waals surface area contributed by atoms with Gasteiger partial charge in [-0.25, -0.2) is 0 Å². The van der Waals surface area contributed by atoms with Gasteiger partial charge in [0.1, 0.15) is 0 Å². The molecule has 4 heteroatoms. The normalized spacial score (nSPS) is 42.3. The Morgan fingerprint density at radius 3 is 1.09 bits per heavy atom. The molecule has 0 aromatic carbocycles. The Kier molecular flexibility index (Phi) is 4.96. The molecule has 0 saturated carbocycles. The van der Waals surface area contributed by atoms with E-state index < -0.39 is 0 Å². The fraction of sp³-hybridized carbons (Fsp3) is 1.00. The Morgan fingerprint density at radius 2 is 0.739 bits per heavy atom. The average molecular weight is 323 g/mol. The van der Waals surface area contributed by atoms with Crippen molar-refractivity contribution >= 4 is 0 Å². The molecule has 6 heterocycles. The zero-order valence-corrected chi connectivity index (χ0v) is 15.2. The molecule has 0 unspecified atom stereocenters. The SMILES string of the molecule is C(CCC[N+]12CCN(CC1)CC2)CCC[N+]12CCN(CC1)CC2. The summed E-state index contributed by atoms with van der Waals surface area (Å²) in [6, 6.07) is 0. The number of nitrogens with zero attached hydrogens (tertiary/aromatic N) is 4. The fourth-order valence-electron chi connectivity index (χ4n) is 5.56. The van der Waals surface area contributed by atoms with E-state index in [0.29, 0.717) is 0 Å². The zero-order chi connectivity index (χ0) is 15.6. The molecule has 6 aliphatic rings. The Bertz CT molecular complexity index is 317. The lowest BCUT2D eigenvalue weighted by Crippen LogP contribution is -2.67. The maximum Gasteiger partial charge on any atom is 0.0916 e. The quantitative estimate of drug-likeness (QED) is 0.490. The molecule has 0 radical (unpaired) electrons. The number of hydrogen-bond donors (Lipinski definition) is 0. The van der Waals surface area contributed by atoms with Crippen LogP contribution in [0.3, 0.4) is 0 Å². The van der Waals surface area contributed by atoms with Crippen LogP contribution in [0, 0.1) is 0 Å².